The Morgan fingerprint density at radius 3 is 1.80 bits per heavy atom. The first-order chi connectivity index (χ1) is 19.8. The predicted molar refractivity (Wildman–Crippen MR) is 170 cm³/mol. The molecule has 0 heterocycles. The predicted octanol–water partition coefficient (Wildman–Crippen LogP) is 6.85. The smallest absolute Gasteiger partial charge is 0.187 e. The minimum atomic E-state index is -2.76. The molecule has 6 aromatic carbocycles. The highest BCUT2D eigenvalue weighted by Gasteiger charge is 2.44. The first-order valence-electron chi connectivity index (χ1n) is 13.7. The third kappa shape index (κ3) is 3.83. The fourth-order valence-corrected chi connectivity index (χ4v) is 11.6. The van der Waals surface area contributed by atoms with E-state index in [2.05, 4.69) is 144 Å². The molecule has 40 heavy (non-hydrogen) atoms. The summed E-state index contributed by atoms with van der Waals surface area (Å²) in [5, 5.41) is 5.54. The molecule has 2 heteroatoms. The van der Waals surface area contributed by atoms with E-state index in [1.165, 1.54) is 48.6 Å². The summed E-state index contributed by atoms with van der Waals surface area (Å²) >= 11 is 0. The van der Waals surface area contributed by atoms with Crippen LogP contribution in [0.15, 0.2) is 152 Å². The maximum absolute atomic E-state index is 7.36. The van der Waals surface area contributed by atoms with Crippen LogP contribution in [0.3, 0.4) is 0 Å². The van der Waals surface area contributed by atoms with Gasteiger partial charge in [-0.25, -0.2) is 4.85 Å². The topological polar surface area (TPSA) is 4.36 Å². The van der Waals surface area contributed by atoms with Crippen molar-refractivity contribution in [1.29, 1.82) is 0 Å². The van der Waals surface area contributed by atoms with E-state index in [-0.39, 0.29) is 0 Å². The van der Waals surface area contributed by atoms with Gasteiger partial charge >= 0.3 is 0 Å². The molecule has 0 fully saturated rings. The molecule has 7 rings (SSSR count). The zero-order valence-corrected chi connectivity index (χ0v) is 23.1. The van der Waals surface area contributed by atoms with Crippen molar-refractivity contribution < 1.29 is 0 Å². The van der Waals surface area contributed by atoms with E-state index in [0.717, 1.165) is 12.0 Å². The van der Waals surface area contributed by atoms with E-state index in [1.54, 1.807) is 0 Å². The average Bonchev–Trinajstić information content (AvgIpc) is 3.42. The molecule has 0 unspecified atom stereocenters. The fourth-order valence-electron chi connectivity index (χ4n) is 6.50. The van der Waals surface area contributed by atoms with Gasteiger partial charge in [0.1, 0.15) is 0 Å². The van der Waals surface area contributed by atoms with Crippen molar-refractivity contribution in [2.75, 3.05) is 0 Å². The van der Waals surface area contributed by atoms with Gasteiger partial charge in [0.15, 0.2) is 13.8 Å². The summed E-state index contributed by atoms with van der Waals surface area (Å²) in [6.45, 7) is 7.36. The standard InChI is InChI=1S/C38H27NSi/c1-39-32-24-22-28(23-25-32)29-13-10-19-35(27-29)40(33-15-4-2-5-16-33,34-17-6-3-7-18-34)37-21-11-14-31-26-30-12-8-9-20-36(30)38(31)37/h2-25,27H,26H2. The zero-order chi connectivity index (χ0) is 26.9. The Hall–Kier alpha value is -4.97. The van der Waals surface area contributed by atoms with Crippen molar-refractivity contribution in [3.8, 4) is 22.3 Å². The minimum Gasteiger partial charge on any atom is -0.238 e. The van der Waals surface area contributed by atoms with Crippen molar-refractivity contribution in [3.63, 3.8) is 0 Å². The van der Waals surface area contributed by atoms with Gasteiger partial charge in [0.25, 0.3) is 0 Å². The van der Waals surface area contributed by atoms with Crippen LogP contribution in [0.5, 0.6) is 0 Å². The Morgan fingerprint density at radius 1 is 0.500 bits per heavy atom. The number of benzene rings is 6. The van der Waals surface area contributed by atoms with E-state index in [9.17, 15) is 0 Å². The molecule has 0 aliphatic heterocycles. The molecule has 1 aliphatic carbocycles. The first kappa shape index (κ1) is 24.1. The summed E-state index contributed by atoms with van der Waals surface area (Å²) in [7, 11) is -2.76. The summed E-state index contributed by atoms with van der Waals surface area (Å²) < 4.78 is 0. The molecule has 6 aromatic rings. The second-order valence-electron chi connectivity index (χ2n) is 10.4. The lowest BCUT2D eigenvalue weighted by Crippen LogP contribution is -2.75. The van der Waals surface area contributed by atoms with Gasteiger partial charge in [-0.05, 0) is 60.5 Å². The second-order valence-corrected chi connectivity index (χ2v) is 14.2. The quantitative estimate of drug-likeness (QED) is 0.131. The summed E-state index contributed by atoms with van der Waals surface area (Å²) in [5.41, 5.74) is 8.55. The Kier molecular flexibility index (Phi) is 6.00. The van der Waals surface area contributed by atoms with Crippen LogP contribution in [-0.2, 0) is 6.42 Å². The van der Waals surface area contributed by atoms with Crippen molar-refractivity contribution >= 4 is 34.5 Å². The number of hydrogen-bond acceptors (Lipinski definition) is 0. The molecule has 1 nitrogen and oxygen atoms in total. The Morgan fingerprint density at radius 2 is 1.10 bits per heavy atom. The number of hydrogen-bond donors (Lipinski definition) is 0. The van der Waals surface area contributed by atoms with Crippen LogP contribution in [0.2, 0.25) is 0 Å². The Bertz CT molecular complexity index is 1830. The van der Waals surface area contributed by atoms with Gasteiger partial charge in [0.05, 0.1) is 6.57 Å². The van der Waals surface area contributed by atoms with Gasteiger partial charge < -0.3 is 0 Å². The van der Waals surface area contributed by atoms with Crippen molar-refractivity contribution in [1.82, 2.24) is 0 Å². The van der Waals surface area contributed by atoms with Crippen LogP contribution in [0.1, 0.15) is 11.1 Å². The largest absolute Gasteiger partial charge is 0.238 e. The van der Waals surface area contributed by atoms with Crippen molar-refractivity contribution in [2.24, 2.45) is 0 Å². The minimum absolute atomic E-state index is 0.663. The molecule has 0 bridgehead atoms. The van der Waals surface area contributed by atoms with E-state index in [4.69, 9.17) is 6.57 Å². The lowest BCUT2D eigenvalue weighted by molar-refractivity contribution is 1.26. The normalized spacial score (nSPS) is 11.9. The van der Waals surface area contributed by atoms with Crippen LogP contribution in [-0.4, -0.2) is 8.07 Å². The van der Waals surface area contributed by atoms with E-state index in [0.29, 0.717) is 5.69 Å². The molecule has 188 valence electrons. The third-order valence-electron chi connectivity index (χ3n) is 8.26. The average molecular weight is 526 g/mol. The van der Waals surface area contributed by atoms with Crippen LogP contribution >= 0.6 is 0 Å². The van der Waals surface area contributed by atoms with Gasteiger partial charge in [-0.1, -0.05) is 152 Å². The first-order valence-corrected chi connectivity index (χ1v) is 15.7. The SMILES string of the molecule is [C-]#[N+]c1ccc(-c2cccc([Si](c3ccccc3)(c3ccccc3)c3cccc4c3-c3ccccc3C4)c2)cc1. The van der Waals surface area contributed by atoms with E-state index in [1.807, 2.05) is 12.1 Å². The van der Waals surface area contributed by atoms with Gasteiger partial charge in [0.2, 0.25) is 0 Å². The number of nitrogens with zero attached hydrogens (tertiary/aromatic N) is 1. The maximum atomic E-state index is 7.36. The molecule has 0 atom stereocenters. The highest BCUT2D eigenvalue weighted by Crippen LogP contribution is 2.36. The molecular formula is C38H27NSi. The zero-order valence-electron chi connectivity index (χ0n) is 22.1. The fraction of sp³-hybridized carbons (Fsp3) is 0.0263. The molecular weight excluding hydrogens is 499 g/mol. The number of rotatable bonds is 5. The van der Waals surface area contributed by atoms with E-state index < -0.39 is 8.07 Å². The van der Waals surface area contributed by atoms with Crippen LogP contribution in [0.25, 0.3) is 27.1 Å². The van der Waals surface area contributed by atoms with E-state index >= 15 is 0 Å². The Balaban J connectivity index is 1.58. The van der Waals surface area contributed by atoms with Gasteiger partial charge in [0, 0.05) is 0 Å². The van der Waals surface area contributed by atoms with Crippen LogP contribution in [0.4, 0.5) is 5.69 Å². The molecule has 0 radical (unpaired) electrons. The molecule has 0 spiro atoms. The van der Waals surface area contributed by atoms with Gasteiger partial charge in [-0.2, -0.15) is 0 Å². The Labute approximate surface area is 236 Å². The molecule has 0 amide bonds. The third-order valence-corrected chi connectivity index (χ3v) is 13.1. The monoisotopic (exact) mass is 525 g/mol. The summed E-state index contributed by atoms with van der Waals surface area (Å²) in [6, 6.07) is 55.3. The van der Waals surface area contributed by atoms with Gasteiger partial charge in [-0.15, -0.1) is 0 Å². The second kappa shape index (κ2) is 9.97. The molecule has 0 saturated carbocycles. The maximum Gasteiger partial charge on any atom is 0.187 e. The summed E-state index contributed by atoms with van der Waals surface area (Å²) in [6.07, 6.45) is 0.973. The van der Waals surface area contributed by atoms with Crippen LogP contribution < -0.4 is 20.7 Å². The summed E-state index contributed by atoms with van der Waals surface area (Å²) in [4.78, 5) is 3.59. The lowest BCUT2D eigenvalue weighted by Gasteiger charge is -2.36. The lowest BCUT2D eigenvalue weighted by atomic mass is 10.1. The van der Waals surface area contributed by atoms with Crippen molar-refractivity contribution in [3.05, 3.63) is 174 Å². The van der Waals surface area contributed by atoms with Gasteiger partial charge in [-0.3, -0.25) is 0 Å². The highest BCUT2D eigenvalue weighted by molar-refractivity contribution is 7.20. The molecule has 0 saturated heterocycles. The molecule has 0 aromatic heterocycles. The van der Waals surface area contributed by atoms with Crippen LogP contribution in [0, 0.1) is 6.57 Å². The molecule has 1 aliphatic rings. The number of fused-ring (bicyclic) bond motifs is 3. The van der Waals surface area contributed by atoms with Crippen molar-refractivity contribution in [2.45, 2.75) is 6.42 Å². The molecule has 0 N–H and O–H groups in total. The highest BCUT2D eigenvalue weighted by atomic mass is 28.3. The summed E-state index contributed by atoms with van der Waals surface area (Å²) in [5.74, 6) is 0.